The number of amides is 2. The molecule has 1 aliphatic heterocycles. The number of H-pyrrole nitrogens is 1. The van der Waals surface area contributed by atoms with Gasteiger partial charge in [0, 0.05) is 50.6 Å². The van der Waals surface area contributed by atoms with Gasteiger partial charge in [-0.1, -0.05) is 18.2 Å². The number of hydrogen-bond donors (Lipinski definition) is 2. The number of fused-ring (bicyclic) bond motifs is 1. The maximum atomic E-state index is 14.1. The van der Waals surface area contributed by atoms with Gasteiger partial charge in [0.05, 0.1) is 47.4 Å². The van der Waals surface area contributed by atoms with Gasteiger partial charge in [-0.25, -0.2) is 18.2 Å². The zero-order chi connectivity index (χ0) is 36.0. The summed E-state index contributed by atoms with van der Waals surface area (Å²) in [6, 6.07) is 14.0. The first kappa shape index (κ1) is 36.1. The Bertz CT molecular complexity index is 2050. The Morgan fingerprint density at radius 1 is 1.10 bits per heavy atom. The summed E-state index contributed by atoms with van der Waals surface area (Å²) in [5.74, 6) is 2.42. The van der Waals surface area contributed by atoms with Crippen LogP contribution in [0.15, 0.2) is 59.4 Å². The van der Waals surface area contributed by atoms with E-state index < -0.39 is 15.7 Å². The Morgan fingerprint density at radius 3 is 2.54 bits per heavy atom. The van der Waals surface area contributed by atoms with E-state index in [-0.39, 0.29) is 22.2 Å². The molecule has 0 unspecified atom stereocenters. The number of methoxy groups -OCH3 is 1. The van der Waals surface area contributed by atoms with E-state index in [9.17, 15) is 22.8 Å². The lowest BCUT2D eigenvalue weighted by Crippen LogP contribution is -2.44. The molecule has 0 bridgehead atoms. The van der Waals surface area contributed by atoms with E-state index in [1.165, 1.54) is 12.0 Å². The largest absolute Gasteiger partial charge is 0.494 e. The third-order valence-corrected chi connectivity index (χ3v) is 9.67. The number of carbonyl (C=O) groups excluding carboxylic acids is 3. The van der Waals surface area contributed by atoms with Crippen molar-refractivity contribution in [3.05, 3.63) is 65.4 Å². The fraction of sp³-hybridized carbons (Fsp3) is 0.361. The van der Waals surface area contributed by atoms with Crippen LogP contribution in [0.5, 0.6) is 11.5 Å². The number of sulfone groups is 1. The van der Waals surface area contributed by atoms with Gasteiger partial charge in [0.2, 0.25) is 21.4 Å². The van der Waals surface area contributed by atoms with Crippen molar-refractivity contribution in [2.24, 2.45) is 0 Å². The van der Waals surface area contributed by atoms with E-state index >= 15 is 0 Å². The molecule has 5 rings (SSSR count). The Morgan fingerprint density at radius 2 is 1.86 bits per heavy atom. The molecule has 3 aromatic carbocycles. The number of piperazine rings is 1. The van der Waals surface area contributed by atoms with Crippen molar-refractivity contribution < 1.29 is 32.3 Å². The predicted octanol–water partition coefficient (Wildman–Crippen LogP) is 4.31. The number of hydrogen-bond acceptors (Lipinski definition) is 10. The minimum Gasteiger partial charge on any atom is -0.494 e. The van der Waals surface area contributed by atoms with Gasteiger partial charge < -0.3 is 34.5 Å². The molecule has 1 aliphatic rings. The van der Waals surface area contributed by atoms with Crippen LogP contribution in [-0.2, 0) is 19.4 Å². The topological polar surface area (TPSA) is 154 Å². The van der Waals surface area contributed by atoms with Crippen LogP contribution < -0.4 is 19.7 Å². The second-order valence-electron chi connectivity index (χ2n) is 12.3. The van der Waals surface area contributed by atoms with Crippen molar-refractivity contribution in [3.63, 3.8) is 0 Å². The highest BCUT2D eigenvalue weighted by Gasteiger charge is 2.26. The molecular formula is C36H42N6O7S. The van der Waals surface area contributed by atoms with E-state index in [4.69, 9.17) is 9.47 Å². The highest BCUT2D eigenvalue weighted by Crippen LogP contribution is 2.42. The number of aromatic nitrogens is 2. The van der Waals surface area contributed by atoms with Crippen LogP contribution in [0.1, 0.15) is 35.2 Å². The second-order valence-corrected chi connectivity index (χ2v) is 14.3. The number of nitrogens with one attached hydrogen (secondary N) is 2. The van der Waals surface area contributed by atoms with Gasteiger partial charge in [0.25, 0.3) is 5.91 Å². The van der Waals surface area contributed by atoms with Gasteiger partial charge >= 0.3 is 0 Å². The molecule has 264 valence electrons. The van der Waals surface area contributed by atoms with Gasteiger partial charge in [-0.15, -0.1) is 0 Å². The third-order valence-electron chi connectivity index (χ3n) is 8.78. The van der Waals surface area contributed by atoms with Crippen LogP contribution in [0.25, 0.3) is 22.2 Å². The highest BCUT2D eigenvalue weighted by molar-refractivity contribution is 7.90. The molecule has 1 saturated heterocycles. The Balaban J connectivity index is 1.37. The van der Waals surface area contributed by atoms with Gasteiger partial charge in [0.15, 0.2) is 5.75 Å². The summed E-state index contributed by atoms with van der Waals surface area (Å²) in [5.41, 5.74) is 4.40. The van der Waals surface area contributed by atoms with Crippen LogP contribution in [0, 0.1) is 6.92 Å². The van der Waals surface area contributed by atoms with Crippen LogP contribution in [0.3, 0.4) is 0 Å². The van der Waals surface area contributed by atoms with Gasteiger partial charge in [0.1, 0.15) is 11.7 Å². The number of anilines is 2. The number of imidazole rings is 1. The molecule has 14 heteroatoms. The van der Waals surface area contributed by atoms with Crippen LogP contribution >= 0.6 is 0 Å². The predicted molar refractivity (Wildman–Crippen MR) is 192 cm³/mol. The summed E-state index contributed by atoms with van der Waals surface area (Å²) in [7, 11) is 1.51. The minimum atomic E-state index is -3.61. The third kappa shape index (κ3) is 7.83. The molecule has 13 nitrogen and oxygen atoms in total. The van der Waals surface area contributed by atoms with Crippen molar-refractivity contribution in [3.8, 4) is 22.6 Å². The standard InChI is InChI=1S/C36H42N6O7S/c1-24-12-15-30(31(21-24)49-20-7-6-9-25(22-43)42-18-16-40(2)17-19-42)41(3)35(45)28-14-13-27(34(48-4)33(28)37-23-44)26-10-8-11-29-32(26)39-36(38-29)50(5,46)47/h8,10-15,21,23H,6-7,9,16-20H2,1-5H3,(H,37,44)(H,38,39). The molecule has 2 amide bonds. The quantitative estimate of drug-likeness (QED) is 0.110. The number of aryl methyl sites for hydroxylation is 1. The molecule has 0 radical (unpaired) electrons. The van der Waals surface area contributed by atoms with Crippen molar-refractivity contribution >= 4 is 50.5 Å². The first-order valence-electron chi connectivity index (χ1n) is 16.3. The SMILES string of the molecule is COc1c(-c2cccc3[nH]c(S(C)(=O)=O)nc23)ccc(C(=O)N(C)c2ccc(C)cc2OCCCCC(=C=O)N2CCN(C)CC2)c1NC=O. The van der Waals surface area contributed by atoms with E-state index in [2.05, 4.69) is 38.1 Å². The summed E-state index contributed by atoms with van der Waals surface area (Å²) in [4.78, 5) is 50.5. The van der Waals surface area contributed by atoms with Gasteiger partial charge in [-0.05, 0) is 69.1 Å². The minimum absolute atomic E-state index is 0.140. The van der Waals surface area contributed by atoms with Gasteiger partial charge in [-0.3, -0.25) is 9.59 Å². The Kier molecular flexibility index (Phi) is 11.3. The first-order valence-corrected chi connectivity index (χ1v) is 18.1. The van der Waals surface area contributed by atoms with E-state index in [0.717, 1.165) is 44.4 Å². The average molecular weight is 703 g/mol. The number of allylic oxidation sites excluding steroid dienone is 1. The van der Waals surface area contributed by atoms with Crippen molar-refractivity contribution in [1.82, 2.24) is 19.8 Å². The smallest absolute Gasteiger partial charge is 0.260 e. The molecule has 1 fully saturated rings. The zero-order valence-electron chi connectivity index (χ0n) is 28.9. The number of benzene rings is 3. The second kappa shape index (κ2) is 15.6. The molecule has 0 atom stereocenters. The van der Waals surface area contributed by atoms with Crippen LogP contribution in [0.2, 0.25) is 0 Å². The lowest BCUT2D eigenvalue weighted by Gasteiger charge is -2.34. The number of carbonyl (C=O) groups is 2. The number of aromatic amines is 1. The van der Waals surface area contributed by atoms with E-state index in [1.807, 2.05) is 19.1 Å². The zero-order valence-corrected chi connectivity index (χ0v) is 29.7. The molecular weight excluding hydrogens is 660 g/mol. The van der Waals surface area contributed by atoms with Crippen LogP contribution in [0.4, 0.5) is 11.4 Å². The molecule has 0 aliphatic carbocycles. The fourth-order valence-electron chi connectivity index (χ4n) is 6.02. The van der Waals surface area contributed by atoms with E-state index in [0.29, 0.717) is 65.2 Å². The Labute approximate surface area is 291 Å². The summed E-state index contributed by atoms with van der Waals surface area (Å²) in [5, 5.41) is 2.46. The molecule has 4 aromatic rings. The summed E-state index contributed by atoms with van der Waals surface area (Å²) in [6.07, 6.45) is 3.60. The lowest BCUT2D eigenvalue weighted by molar-refractivity contribution is -0.105. The number of likely N-dealkylation sites (N-methyl/N-ethyl adjacent to an activating group) is 1. The number of rotatable bonds is 14. The normalized spacial score (nSPS) is 13.5. The Hall–Kier alpha value is -5.17. The summed E-state index contributed by atoms with van der Waals surface area (Å²) in [6.45, 7) is 5.77. The molecule has 2 heterocycles. The fourth-order valence-corrected chi connectivity index (χ4v) is 6.57. The monoisotopic (exact) mass is 702 g/mol. The summed E-state index contributed by atoms with van der Waals surface area (Å²) < 4.78 is 36.4. The van der Waals surface area contributed by atoms with Crippen molar-refractivity contribution in [2.75, 3.05) is 70.5 Å². The number of ether oxygens (including phenoxy) is 2. The molecule has 0 saturated carbocycles. The maximum Gasteiger partial charge on any atom is 0.260 e. The maximum absolute atomic E-state index is 14.1. The molecule has 0 spiro atoms. The number of nitrogens with zero attached hydrogens (tertiary/aromatic N) is 4. The molecule has 2 N–H and O–H groups in total. The first-order chi connectivity index (χ1) is 24.0. The summed E-state index contributed by atoms with van der Waals surface area (Å²) >= 11 is 0. The number of unbranched alkanes of at least 4 members (excludes halogenated alkanes) is 1. The van der Waals surface area contributed by atoms with Crippen molar-refractivity contribution in [1.29, 1.82) is 0 Å². The molecule has 1 aromatic heterocycles. The molecule has 50 heavy (non-hydrogen) atoms. The van der Waals surface area contributed by atoms with Gasteiger partial charge in [-0.2, -0.15) is 0 Å². The van der Waals surface area contributed by atoms with Crippen LogP contribution in [-0.4, -0.2) is 107 Å². The van der Waals surface area contributed by atoms with E-state index in [1.54, 1.807) is 43.4 Å². The average Bonchev–Trinajstić information content (AvgIpc) is 3.56. The highest BCUT2D eigenvalue weighted by atomic mass is 32.2. The van der Waals surface area contributed by atoms with Crippen molar-refractivity contribution in [2.45, 2.75) is 31.3 Å². The number of para-hydroxylation sites is 1. The lowest BCUT2D eigenvalue weighted by atomic mass is 9.98.